The van der Waals surface area contributed by atoms with E-state index in [0.717, 1.165) is 18.4 Å². The summed E-state index contributed by atoms with van der Waals surface area (Å²) < 4.78 is 0. The molecule has 1 fully saturated rings. The zero-order valence-electron chi connectivity index (χ0n) is 17.8. The Morgan fingerprint density at radius 1 is 0.906 bits per heavy atom. The lowest BCUT2D eigenvalue weighted by atomic mass is 9.85. The number of aliphatic hydroxyl groups is 1. The van der Waals surface area contributed by atoms with E-state index in [1.807, 2.05) is 36.4 Å². The van der Waals surface area contributed by atoms with Gasteiger partial charge in [-0.25, -0.2) is 5.43 Å². The third-order valence-corrected chi connectivity index (χ3v) is 5.53. The molecule has 0 saturated heterocycles. The molecule has 0 aromatic heterocycles. The van der Waals surface area contributed by atoms with Crippen molar-refractivity contribution >= 4 is 23.2 Å². The molecule has 0 bridgehead atoms. The number of nitrogens with zero attached hydrogens (tertiary/aromatic N) is 1. The van der Waals surface area contributed by atoms with Gasteiger partial charge in [0.2, 0.25) is 5.91 Å². The molecule has 0 radical (unpaired) electrons. The molecule has 0 unspecified atom stereocenters. The van der Waals surface area contributed by atoms with Gasteiger partial charge in [-0.1, -0.05) is 72.8 Å². The second-order valence-electron chi connectivity index (χ2n) is 7.92. The molecule has 2 amide bonds. The van der Waals surface area contributed by atoms with Gasteiger partial charge in [0.05, 0.1) is 5.71 Å². The molecular weight excluding hydrogens is 402 g/mol. The Hall–Kier alpha value is -3.77. The van der Waals surface area contributed by atoms with Gasteiger partial charge in [0.25, 0.3) is 5.91 Å². The number of amides is 2. The zero-order valence-corrected chi connectivity index (χ0v) is 17.8. The molecule has 32 heavy (non-hydrogen) atoms. The maximum Gasteiger partial charge on any atom is 0.281 e. The summed E-state index contributed by atoms with van der Waals surface area (Å²) in [5, 5.41) is 18.6. The van der Waals surface area contributed by atoms with Gasteiger partial charge in [0.15, 0.2) is 5.60 Å². The van der Waals surface area contributed by atoms with Crippen molar-refractivity contribution in [3.8, 4) is 0 Å². The molecule has 0 aliphatic heterocycles. The highest BCUT2D eigenvalue weighted by molar-refractivity contribution is 6.02. The Morgan fingerprint density at radius 3 is 2.06 bits per heavy atom. The van der Waals surface area contributed by atoms with Gasteiger partial charge in [0.1, 0.15) is 0 Å². The van der Waals surface area contributed by atoms with Crippen molar-refractivity contribution in [1.29, 1.82) is 0 Å². The summed E-state index contributed by atoms with van der Waals surface area (Å²) in [5.74, 6) is -0.519. The molecule has 6 heteroatoms. The van der Waals surface area contributed by atoms with E-state index in [1.165, 1.54) is 0 Å². The molecule has 1 aliphatic carbocycles. The maximum atomic E-state index is 13.2. The largest absolute Gasteiger partial charge is 0.372 e. The number of hydrogen-bond donors (Lipinski definition) is 3. The SMILES string of the molecule is C/C(=N/NC(=O)C(O)(c1ccccc1)c1ccccc1)c1cccc(NC(=O)C2CC2)c1. The van der Waals surface area contributed by atoms with E-state index < -0.39 is 11.5 Å². The van der Waals surface area contributed by atoms with E-state index in [9.17, 15) is 14.7 Å². The maximum absolute atomic E-state index is 13.2. The summed E-state index contributed by atoms with van der Waals surface area (Å²) >= 11 is 0. The van der Waals surface area contributed by atoms with Crippen LogP contribution < -0.4 is 10.7 Å². The molecule has 6 nitrogen and oxygen atoms in total. The summed E-state index contributed by atoms with van der Waals surface area (Å²) in [4.78, 5) is 25.2. The first kappa shape index (κ1) is 21.5. The molecule has 0 atom stereocenters. The van der Waals surface area contributed by atoms with Gasteiger partial charge in [-0.15, -0.1) is 0 Å². The van der Waals surface area contributed by atoms with Crippen LogP contribution in [0.2, 0.25) is 0 Å². The minimum Gasteiger partial charge on any atom is -0.372 e. The Morgan fingerprint density at radius 2 is 1.50 bits per heavy atom. The minimum atomic E-state index is -1.90. The van der Waals surface area contributed by atoms with Crippen LogP contribution in [-0.2, 0) is 15.2 Å². The fourth-order valence-corrected chi connectivity index (χ4v) is 3.48. The van der Waals surface area contributed by atoms with Crippen LogP contribution in [0.4, 0.5) is 5.69 Å². The van der Waals surface area contributed by atoms with E-state index in [2.05, 4.69) is 15.8 Å². The first-order valence-electron chi connectivity index (χ1n) is 10.6. The molecular formula is C26H25N3O3. The van der Waals surface area contributed by atoms with E-state index in [4.69, 9.17) is 0 Å². The molecule has 3 aromatic rings. The number of nitrogens with one attached hydrogen (secondary N) is 2. The van der Waals surface area contributed by atoms with Crippen LogP contribution in [0.3, 0.4) is 0 Å². The second-order valence-corrected chi connectivity index (χ2v) is 7.92. The average Bonchev–Trinajstić information content (AvgIpc) is 3.69. The Balaban J connectivity index is 1.56. The van der Waals surface area contributed by atoms with E-state index in [1.54, 1.807) is 55.5 Å². The topological polar surface area (TPSA) is 90.8 Å². The van der Waals surface area contributed by atoms with Gasteiger partial charge in [-0.05, 0) is 48.6 Å². The number of hydrazone groups is 1. The molecule has 1 saturated carbocycles. The van der Waals surface area contributed by atoms with Crippen LogP contribution in [-0.4, -0.2) is 22.6 Å². The average molecular weight is 428 g/mol. The number of rotatable bonds is 7. The Kier molecular flexibility index (Phi) is 6.14. The van der Waals surface area contributed by atoms with Crippen LogP contribution in [0, 0.1) is 5.92 Å². The number of hydrogen-bond acceptors (Lipinski definition) is 4. The van der Waals surface area contributed by atoms with Crippen molar-refractivity contribution < 1.29 is 14.7 Å². The number of anilines is 1. The van der Waals surface area contributed by atoms with Crippen molar-refractivity contribution in [1.82, 2.24) is 5.43 Å². The zero-order chi connectivity index (χ0) is 22.6. The second kappa shape index (κ2) is 9.16. The molecule has 0 heterocycles. The van der Waals surface area contributed by atoms with Gasteiger partial charge in [0, 0.05) is 11.6 Å². The Bertz CT molecular complexity index is 1100. The predicted octanol–water partition coefficient (Wildman–Crippen LogP) is 3.81. The van der Waals surface area contributed by atoms with Crippen LogP contribution in [0.5, 0.6) is 0 Å². The molecule has 4 rings (SSSR count). The van der Waals surface area contributed by atoms with Crippen molar-refractivity contribution in [2.75, 3.05) is 5.32 Å². The number of carbonyl (C=O) groups is 2. The van der Waals surface area contributed by atoms with Crippen molar-refractivity contribution in [3.63, 3.8) is 0 Å². The third-order valence-electron chi connectivity index (χ3n) is 5.53. The van der Waals surface area contributed by atoms with Gasteiger partial charge in [-0.2, -0.15) is 5.10 Å². The lowest BCUT2D eigenvalue weighted by molar-refractivity contribution is -0.136. The normalized spacial score (nSPS) is 14.0. The highest BCUT2D eigenvalue weighted by Gasteiger charge is 2.40. The lowest BCUT2D eigenvalue weighted by Gasteiger charge is -2.27. The highest BCUT2D eigenvalue weighted by atomic mass is 16.3. The van der Waals surface area contributed by atoms with Gasteiger partial charge < -0.3 is 10.4 Å². The summed E-state index contributed by atoms with van der Waals surface area (Å²) in [6.07, 6.45) is 1.87. The summed E-state index contributed by atoms with van der Waals surface area (Å²) in [5.41, 5.74) is 3.50. The number of carbonyl (C=O) groups excluding carboxylic acids is 2. The minimum absolute atomic E-state index is 0.0285. The predicted molar refractivity (Wildman–Crippen MR) is 124 cm³/mol. The fraction of sp³-hybridized carbons (Fsp3) is 0.192. The standard InChI is InChI=1S/C26H25N3O3/c1-18(20-9-8-14-23(17-20)27-24(30)19-15-16-19)28-29-25(31)26(32,21-10-4-2-5-11-21)22-12-6-3-7-13-22/h2-14,17,19,32H,15-16H2,1H3,(H,27,30)(H,29,31)/b28-18-. The van der Waals surface area contributed by atoms with Crippen molar-refractivity contribution in [2.24, 2.45) is 11.0 Å². The summed E-state index contributed by atoms with van der Waals surface area (Å²) in [6, 6.07) is 24.8. The molecule has 0 spiro atoms. The van der Waals surface area contributed by atoms with E-state index in [-0.39, 0.29) is 11.8 Å². The van der Waals surface area contributed by atoms with Gasteiger partial charge >= 0.3 is 0 Å². The van der Waals surface area contributed by atoms with Crippen LogP contribution in [0.25, 0.3) is 0 Å². The quantitative estimate of drug-likeness (QED) is 0.396. The third kappa shape index (κ3) is 4.60. The highest BCUT2D eigenvalue weighted by Crippen LogP contribution is 2.31. The summed E-state index contributed by atoms with van der Waals surface area (Å²) in [7, 11) is 0. The molecule has 1 aliphatic rings. The first-order valence-corrected chi connectivity index (χ1v) is 10.6. The smallest absolute Gasteiger partial charge is 0.281 e. The van der Waals surface area contributed by atoms with Crippen LogP contribution in [0.15, 0.2) is 90.0 Å². The Labute approximate surface area is 187 Å². The summed E-state index contributed by atoms with van der Waals surface area (Å²) in [6.45, 7) is 1.76. The monoisotopic (exact) mass is 427 g/mol. The number of benzene rings is 3. The van der Waals surface area contributed by atoms with E-state index >= 15 is 0 Å². The first-order chi connectivity index (χ1) is 15.5. The van der Waals surface area contributed by atoms with Crippen LogP contribution >= 0.6 is 0 Å². The molecule has 3 N–H and O–H groups in total. The molecule has 3 aromatic carbocycles. The van der Waals surface area contributed by atoms with Crippen molar-refractivity contribution in [3.05, 3.63) is 102 Å². The van der Waals surface area contributed by atoms with Gasteiger partial charge in [-0.3, -0.25) is 9.59 Å². The van der Waals surface area contributed by atoms with Crippen molar-refractivity contribution in [2.45, 2.75) is 25.4 Å². The van der Waals surface area contributed by atoms with Crippen LogP contribution in [0.1, 0.15) is 36.5 Å². The lowest BCUT2D eigenvalue weighted by Crippen LogP contribution is -2.43. The molecule has 162 valence electrons. The fourth-order valence-electron chi connectivity index (χ4n) is 3.48. The van der Waals surface area contributed by atoms with E-state index in [0.29, 0.717) is 22.5 Å².